The molecule has 1 aliphatic heterocycles. The summed E-state index contributed by atoms with van der Waals surface area (Å²) in [6, 6.07) is 14.3. The summed E-state index contributed by atoms with van der Waals surface area (Å²) in [5.74, 6) is -3.27. The number of rotatable bonds is 18. The molecule has 0 aliphatic carbocycles. The Labute approximate surface area is 322 Å². The van der Waals surface area contributed by atoms with Gasteiger partial charge >= 0.3 is 25.7 Å². The van der Waals surface area contributed by atoms with E-state index in [4.69, 9.17) is 33.7 Å². The number of nitriles is 1. The van der Waals surface area contributed by atoms with Crippen molar-refractivity contribution in [2.75, 3.05) is 25.5 Å². The van der Waals surface area contributed by atoms with E-state index in [9.17, 15) is 24.2 Å². The number of benzene rings is 1. The Hall–Kier alpha value is -4.52. The summed E-state index contributed by atoms with van der Waals surface area (Å²) < 4.78 is 51.7. The van der Waals surface area contributed by atoms with Crippen LogP contribution in [0.2, 0.25) is 0 Å². The Bertz CT molecular complexity index is 1870. The van der Waals surface area contributed by atoms with E-state index in [0.29, 0.717) is 23.4 Å². The molecule has 17 heteroatoms. The number of hydrogen-bond donors (Lipinski definition) is 2. The molecule has 3 heterocycles. The average Bonchev–Trinajstić information content (AvgIpc) is 3.69. The Morgan fingerprint density at radius 3 is 2.20 bits per heavy atom. The summed E-state index contributed by atoms with van der Waals surface area (Å²) >= 11 is 0. The fourth-order valence-electron chi connectivity index (χ4n) is 6.01. The van der Waals surface area contributed by atoms with Gasteiger partial charge in [0.2, 0.25) is 5.60 Å². The van der Waals surface area contributed by atoms with E-state index >= 15 is 0 Å². The molecule has 1 aliphatic rings. The molecule has 55 heavy (non-hydrogen) atoms. The molecule has 300 valence electrons. The highest BCUT2D eigenvalue weighted by Crippen LogP contribution is 2.50. The predicted molar refractivity (Wildman–Crippen MR) is 202 cm³/mol. The van der Waals surface area contributed by atoms with Crippen molar-refractivity contribution in [3.8, 4) is 11.8 Å². The summed E-state index contributed by atoms with van der Waals surface area (Å²) in [5.41, 5.74) is 5.16. The molecule has 1 aromatic carbocycles. The minimum absolute atomic E-state index is 0.0764. The van der Waals surface area contributed by atoms with Gasteiger partial charge in [0.1, 0.15) is 37.2 Å². The van der Waals surface area contributed by atoms with Crippen molar-refractivity contribution in [1.82, 2.24) is 19.6 Å². The number of ether oxygens (including phenoxy) is 4. The van der Waals surface area contributed by atoms with Gasteiger partial charge in [-0.3, -0.25) is 23.8 Å². The number of nitrogens with one attached hydrogen (secondary N) is 1. The van der Waals surface area contributed by atoms with Crippen LogP contribution in [0.5, 0.6) is 5.75 Å². The molecule has 0 amide bonds. The van der Waals surface area contributed by atoms with Crippen molar-refractivity contribution >= 4 is 36.9 Å². The van der Waals surface area contributed by atoms with Gasteiger partial charge in [-0.25, -0.2) is 9.08 Å². The maximum absolute atomic E-state index is 14.6. The number of carbonyl (C=O) groups excluding carboxylic acids is 3. The standard InChI is InChI=1S/C38H53N6O10P/c1-23(2)35(45)51-33-32(31-16-15-30-29(40)17-18-41-44(30)31)53-38(21-39,34(33)52-36(46)24(3)4)22-50-55(48,54-28-13-11-10-12-14-28)42-27(9)37(47)49-20-19-43(25(5)6)26(7)8/h10-18,23-27,32-34H,19-20,22,40H2,1-9H3,(H,42,48)/t27-,32-,33-,34-,38+,55?/m0/s1. The highest BCUT2D eigenvalue weighted by atomic mass is 31.2. The van der Waals surface area contributed by atoms with E-state index in [1.807, 2.05) is 27.7 Å². The van der Waals surface area contributed by atoms with Crippen LogP contribution >= 0.6 is 7.75 Å². The van der Waals surface area contributed by atoms with Crippen molar-refractivity contribution in [2.24, 2.45) is 11.8 Å². The highest BCUT2D eigenvalue weighted by Gasteiger charge is 2.62. The van der Waals surface area contributed by atoms with E-state index < -0.39 is 74.1 Å². The van der Waals surface area contributed by atoms with Gasteiger partial charge in [-0.15, -0.1) is 0 Å². The lowest BCUT2D eigenvalue weighted by molar-refractivity contribution is -0.173. The van der Waals surface area contributed by atoms with Crippen LogP contribution in [-0.2, 0) is 42.4 Å². The summed E-state index contributed by atoms with van der Waals surface area (Å²) in [7, 11) is -4.58. The van der Waals surface area contributed by atoms with Gasteiger partial charge in [0.05, 0.1) is 28.7 Å². The van der Waals surface area contributed by atoms with Crippen LogP contribution in [0.15, 0.2) is 54.7 Å². The zero-order valence-electron chi connectivity index (χ0n) is 32.8. The highest BCUT2D eigenvalue weighted by molar-refractivity contribution is 7.52. The Morgan fingerprint density at radius 1 is 0.964 bits per heavy atom. The number of fused-ring (bicyclic) bond motifs is 1. The third kappa shape index (κ3) is 10.4. The van der Waals surface area contributed by atoms with Crippen LogP contribution in [0, 0.1) is 23.2 Å². The van der Waals surface area contributed by atoms with Crippen molar-refractivity contribution in [1.29, 1.82) is 5.26 Å². The number of hydrogen-bond acceptors (Lipinski definition) is 14. The summed E-state index contributed by atoms with van der Waals surface area (Å²) in [4.78, 5) is 41.8. The van der Waals surface area contributed by atoms with Gasteiger partial charge in [0, 0.05) is 24.8 Å². The third-order valence-corrected chi connectivity index (χ3v) is 10.6. The molecule has 6 atom stereocenters. The second-order valence-electron chi connectivity index (χ2n) is 14.6. The second-order valence-corrected chi connectivity index (χ2v) is 16.3. The quantitative estimate of drug-likeness (QED) is 0.0963. The minimum atomic E-state index is -4.58. The number of nitrogens with two attached hydrogens (primary N) is 1. The zero-order valence-corrected chi connectivity index (χ0v) is 33.7. The van der Waals surface area contributed by atoms with Crippen LogP contribution in [0.25, 0.3) is 5.52 Å². The molecule has 0 bridgehead atoms. The van der Waals surface area contributed by atoms with E-state index in [0.717, 1.165) is 0 Å². The van der Waals surface area contributed by atoms with Crippen LogP contribution in [0.1, 0.15) is 74.1 Å². The van der Waals surface area contributed by atoms with Crippen molar-refractivity contribution in [2.45, 2.75) is 104 Å². The summed E-state index contributed by atoms with van der Waals surface area (Å²) in [5, 5.41) is 17.9. The number of esters is 3. The molecule has 3 aromatic rings. The number of nitrogen functional groups attached to an aromatic ring is 1. The second kappa shape index (κ2) is 18.4. The molecule has 0 saturated carbocycles. The topological polar surface area (TPSA) is 206 Å². The molecule has 1 saturated heterocycles. The third-order valence-electron chi connectivity index (χ3n) is 8.97. The molecular weight excluding hydrogens is 731 g/mol. The molecule has 0 radical (unpaired) electrons. The smallest absolute Gasteiger partial charge is 0.459 e. The first-order valence-electron chi connectivity index (χ1n) is 18.3. The van der Waals surface area contributed by atoms with Crippen LogP contribution in [-0.4, -0.2) is 88.1 Å². The molecule has 3 N–H and O–H groups in total. The average molecular weight is 785 g/mol. The largest absolute Gasteiger partial charge is 0.463 e. The van der Waals surface area contributed by atoms with Crippen LogP contribution in [0.4, 0.5) is 5.69 Å². The van der Waals surface area contributed by atoms with E-state index in [2.05, 4.69) is 21.2 Å². The minimum Gasteiger partial charge on any atom is -0.463 e. The Kier molecular flexibility index (Phi) is 14.5. The predicted octanol–water partition coefficient (Wildman–Crippen LogP) is 5.23. The Morgan fingerprint density at radius 2 is 1.60 bits per heavy atom. The molecule has 4 rings (SSSR count). The first-order valence-corrected chi connectivity index (χ1v) is 19.9. The maximum atomic E-state index is 14.6. The van der Waals surface area contributed by atoms with Gasteiger partial charge in [0.15, 0.2) is 12.2 Å². The Balaban J connectivity index is 1.71. The van der Waals surface area contributed by atoms with Crippen LogP contribution < -0.4 is 15.3 Å². The molecular formula is C38H53N6O10P. The number of anilines is 1. The lowest BCUT2D eigenvalue weighted by Crippen LogP contribution is -2.50. The first kappa shape index (κ1) is 43.2. The van der Waals surface area contributed by atoms with E-state index in [-0.39, 0.29) is 24.4 Å². The van der Waals surface area contributed by atoms with Gasteiger partial charge in [-0.2, -0.15) is 15.4 Å². The van der Waals surface area contributed by atoms with Crippen LogP contribution in [0.3, 0.4) is 0 Å². The molecule has 2 aromatic heterocycles. The lowest BCUT2D eigenvalue weighted by atomic mass is 9.95. The van der Waals surface area contributed by atoms with Gasteiger partial charge in [-0.1, -0.05) is 45.9 Å². The summed E-state index contributed by atoms with van der Waals surface area (Å²) in [6.45, 7) is 15.8. The zero-order chi connectivity index (χ0) is 40.7. The number of aromatic nitrogens is 2. The first-order chi connectivity index (χ1) is 25.9. The lowest BCUT2D eigenvalue weighted by Gasteiger charge is -2.31. The monoisotopic (exact) mass is 784 g/mol. The van der Waals surface area contributed by atoms with Crippen molar-refractivity contribution in [3.63, 3.8) is 0 Å². The van der Waals surface area contributed by atoms with Gasteiger partial charge < -0.3 is 29.2 Å². The molecule has 1 fully saturated rings. The van der Waals surface area contributed by atoms with E-state index in [1.54, 1.807) is 64.1 Å². The SMILES string of the molecule is CC(C)C(=O)O[C@H]1[C@H](c2ccc3c(N)ccnn23)O[C@](C#N)(COP(=O)(N[C@@H](C)C(=O)OCCN(C(C)C)C(C)C)Oc2ccccc2)[C@H]1OC(=O)C(C)C. The molecule has 1 unspecified atom stereocenters. The number of carbonyl (C=O) groups is 3. The normalized spacial score (nSPS) is 21.5. The summed E-state index contributed by atoms with van der Waals surface area (Å²) in [6.07, 6.45) is -2.81. The van der Waals surface area contributed by atoms with Crippen molar-refractivity contribution in [3.05, 3.63) is 60.4 Å². The van der Waals surface area contributed by atoms with Gasteiger partial charge in [-0.05, 0) is 65.0 Å². The van der Waals surface area contributed by atoms with Crippen molar-refractivity contribution < 1.29 is 46.9 Å². The fourth-order valence-corrected chi connectivity index (χ4v) is 7.53. The maximum Gasteiger partial charge on any atom is 0.459 e. The number of nitrogens with zero attached hydrogens (tertiary/aromatic N) is 4. The van der Waals surface area contributed by atoms with E-state index in [1.165, 1.54) is 29.8 Å². The fraction of sp³-hybridized carbons (Fsp3) is 0.553. The molecule has 0 spiro atoms. The van der Waals surface area contributed by atoms with Gasteiger partial charge in [0.25, 0.3) is 0 Å². The molecule has 16 nitrogen and oxygen atoms in total. The number of para-hydroxylation sites is 1.